The minimum absolute atomic E-state index is 0.0110. The minimum Gasteiger partial charge on any atom is -0.497 e. The second-order valence-corrected chi connectivity index (χ2v) is 8.81. The maximum absolute atomic E-state index is 13.5. The topological polar surface area (TPSA) is 127 Å². The molecule has 0 unspecified atom stereocenters. The molecule has 2 aromatic carbocycles. The molecule has 178 valence electrons. The molecule has 1 heterocycles. The molecular formula is C25H21N3O7. The van der Waals surface area contributed by atoms with Crippen LogP contribution in [0.2, 0.25) is 0 Å². The molecule has 0 radical (unpaired) electrons. The molecule has 1 aliphatic heterocycles. The monoisotopic (exact) mass is 475 g/mol. The molecule has 4 atom stereocenters. The van der Waals surface area contributed by atoms with Gasteiger partial charge in [0, 0.05) is 23.3 Å². The second kappa shape index (κ2) is 8.46. The third kappa shape index (κ3) is 3.67. The molecule has 3 amide bonds. The Balaban J connectivity index is 1.48. The van der Waals surface area contributed by atoms with E-state index < -0.39 is 46.8 Å². The summed E-state index contributed by atoms with van der Waals surface area (Å²) in [6.07, 6.45) is 4.60. The van der Waals surface area contributed by atoms with Crippen LogP contribution in [-0.2, 0) is 9.59 Å². The summed E-state index contributed by atoms with van der Waals surface area (Å²) in [6, 6.07) is 11.0. The van der Waals surface area contributed by atoms with E-state index in [1.807, 2.05) is 12.2 Å². The predicted octanol–water partition coefficient (Wildman–Crippen LogP) is 2.65. The van der Waals surface area contributed by atoms with Gasteiger partial charge in [0.1, 0.15) is 12.3 Å². The van der Waals surface area contributed by atoms with E-state index in [1.54, 1.807) is 12.1 Å². The van der Waals surface area contributed by atoms with Crippen LogP contribution >= 0.6 is 0 Å². The van der Waals surface area contributed by atoms with E-state index in [4.69, 9.17) is 4.74 Å². The molecule has 5 rings (SSSR count). The number of nitro benzene ring substituents is 1. The highest BCUT2D eigenvalue weighted by atomic mass is 16.6. The van der Waals surface area contributed by atoms with Crippen LogP contribution in [0.15, 0.2) is 60.7 Å². The quantitative estimate of drug-likeness (QED) is 0.198. The molecule has 2 aromatic rings. The van der Waals surface area contributed by atoms with Gasteiger partial charge in [0.05, 0.1) is 23.9 Å². The Morgan fingerprint density at radius 2 is 1.51 bits per heavy atom. The largest absolute Gasteiger partial charge is 0.497 e. The third-order valence-corrected chi connectivity index (χ3v) is 6.95. The number of methoxy groups -OCH3 is 1. The van der Waals surface area contributed by atoms with E-state index in [0.717, 1.165) is 28.6 Å². The molecule has 1 saturated carbocycles. The van der Waals surface area contributed by atoms with Crippen molar-refractivity contribution < 1.29 is 28.8 Å². The fourth-order valence-electron chi connectivity index (χ4n) is 5.24. The minimum atomic E-state index is -0.774. The van der Waals surface area contributed by atoms with Crippen molar-refractivity contribution in [1.29, 1.82) is 0 Å². The molecule has 10 heteroatoms. The maximum Gasteiger partial charge on any atom is 0.273 e. The van der Waals surface area contributed by atoms with Gasteiger partial charge in [-0.15, -0.1) is 0 Å². The number of hydrazine groups is 1. The van der Waals surface area contributed by atoms with Crippen LogP contribution in [-0.4, -0.2) is 52.1 Å². The predicted molar refractivity (Wildman–Crippen MR) is 121 cm³/mol. The Hall–Kier alpha value is -4.34. The maximum atomic E-state index is 13.5. The SMILES string of the molecule is COc1ccc(C(=O)CN(C(=O)c2ccc([N+](=O)[O-])cc2)N2C(=O)[C@@H]3[C@@H](C2=O)[C@H]2C=C[C@H]3C2)cc1. The molecule has 0 aromatic heterocycles. The van der Waals surface area contributed by atoms with Crippen LogP contribution in [0.1, 0.15) is 27.1 Å². The van der Waals surface area contributed by atoms with Crippen LogP contribution < -0.4 is 4.74 Å². The summed E-state index contributed by atoms with van der Waals surface area (Å²) in [4.78, 5) is 63.7. The number of imide groups is 1. The second-order valence-electron chi connectivity index (χ2n) is 8.81. The van der Waals surface area contributed by atoms with Crippen LogP contribution in [0, 0.1) is 33.8 Å². The summed E-state index contributed by atoms with van der Waals surface area (Å²) >= 11 is 0. The standard InChI is InChI=1S/C25H21N3O7/c1-35-19-10-6-14(7-11-19)20(29)13-26(23(30)15-4-8-18(9-5-15)28(33)34)27-24(31)21-16-2-3-17(12-16)22(21)25(27)32/h2-11,16-17,21-22H,12-13H2,1H3/t16-,17-,21-,22-/m0/s1. The lowest BCUT2D eigenvalue weighted by molar-refractivity contribution is -0.384. The van der Waals surface area contributed by atoms with Gasteiger partial charge in [-0.2, -0.15) is 5.01 Å². The lowest BCUT2D eigenvalue weighted by Crippen LogP contribution is -2.52. The first kappa shape index (κ1) is 22.5. The zero-order valence-corrected chi connectivity index (χ0v) is 18.7. The first-order chi connectivity index (χ1) is 16.8. The highest BCUT2D eigenvalue weighted by Gasteiger charge is 2.61. The van der Waals surface area contributed by atoms with Crippen LogP contribution in [0.5, 0.6) is 5.75 Å². The summed E-state index contributed by atoms with van der Waals surface area (Å²) < 4.78 is 5.10. The van der Waals surface area contributed by atoms with Crippen LogP contribution in [0.25, 0.3) is 0 Å². The van der Waals surface area contributed by atoms with Crippen molar-refractivity contribution in [3.63, 3.8) is 0 Å². The molecule has 35 heavy (non-hydrogen) atoms. The Morgan fingerprint density at radius 1 is 0.971 bits per heavy atom. The summed E-state index contributed by atoms with van der Waals surface area (Å²) in [5.41, 5.74) is 0.0677. The van der Waals surface area contributed by atoms with Crippen molar-refractivity contribution >= 4 is 29.2 Å². The van der Waals surface area contributed by atoms with E-state index >= 15 is 0 Å². The van der Waals surface area contributed by atoms with Gasteiger partial charge < -0.3 is 4.74 Å². The van der Waals surface area contributed by atoms with Gasteiger partial charge in [-0.1, -0.05) is 12.2 Å². The molecule has 0 spiro atoms. The normalized spacial score (nSPS) is 24.0. The number of nitrogens with zero attached hydrogens (tertiary/aromatic N) is 3. The number of amides is 3. The zero-order valence-electron chi connectivity index (χ0n) is 18.7. The number of hydrogen-bond donors (Lipinski definition) is 0. The number of carbonyl (C=O) groups is 4. The van der Waals surface area contributed by atoms with Crippen LogP contribution in [0.4, 0.5) is 5.69 Å². The number of hydrogen-bond acceptors (Lipinski definition) is 7. The Morgan fingerprint density at radius 3 is 2.03 bits per heavy atom. The first-order valence-electron chi connectivity index (χ1n) is 11.1. The van der Waals surface area contributed by atoms with E-state index in [1.165, 1.54) is 31.4 Å². The average molecular weight is 475 g/mol. The lowest BCUT2D eigenvalue weighted by Gasteiger charge is -2.30. The number of carbonyl (C=O) groups excluding carboxylic acids is 4. The number of ketones is 1. The zero-order chi connectivity index (χ0) is 24.9. The molecule has 10 nitrogen and oxygen atoms in total. The Labute approximate surface area is 199 Å². The van der Waals surface area contributed by atoms with E-state index in [2.05, 4.69) is 0 Å². The Kier molecular flexibility index (Phi) is 5.43. The van der Waals surface area contributed by atoms with Crippen LogP contribution in [0.3, 0.4) is 0 Å². The van der Waals surface area contributed by atoms with Crippen molar-refractivity contribution in [2.45, 2.75) is 6.42 Å². The fourth-order valence-corrected chi connectivity index (χ4v) is 5.24. The molecule has 2 aliphatic carbocycles. The molecule has 3 aliphatic rings. The summed E-state index contributed by atoms with van der Waals surface area (Å²) in [5, 5.41) is 12.7. The molecule has 1 saturated heterocycles. The van der Waals surface area contributed by atoms with Crippen molar-refractivity contribution in [3.8, 4) is 5.75 Å². The summed E-state index contributed by atoms with van der Waals surface area (Å²) in [5.74, 6) is -2.97. The van der Waals surface area contributed by atoms with Gasteiger partial charge in [-0.05, 0) is 54.7 Å². The number of allylic oxidation sites excluding steroid dienone is 2. The van der Waals surface area contributed by atoms with Gasteiger partial charge in [-0.3, -0.25) is 29.3 Å². The van der Waals surface area contributed by atoms with Gasteiger partial charge in [0.2, 0.25) is 0 Å². The highest BCUT2D eigenvalue weighted by Crippen LogP contribution is 2.52. The van der Waals surface area contributed by atoms with E-state index in [0.29, 0.717) is 5.75 Å². The number of fused-ring (bicyclic) bond motifs is 5. The lowest BCUT2D eigenvalue weighted by atomic mass is 9.85. The molecule has 2 bridgehead atoms. The van der Waals surface area contributed by atoms with Crippen molar-refractivity contribution in [1.82, 2.24) is 10.0 Å². The van der Waals surface area contributed by atoms with Crippen molar-refractivity contribution in [3.05, 3.63) is 81.9 Å². The molecular weight excluding hydrogens is 454 g/mol. The van der Waals surface area contributed by atoms with E-state index in [9.17, 15) is 29.3 Å². The average Bonchev–Trinajstić information content (AvgIpc) is 3.56. The molecule has 2 fully saturated rings. The van der Waals surface area contributed by atoms with Gasteiger partial charge in [-0.25, -0.2) is 5.01 Å². The number of non-ortho nitro benzene ring substituents is 1. The smallest absolute Gasteiger partial charge is 0.273 e. The number of Topliss-reactive ketones (excluding diaryl/α,β-unsaturated/α-hetero) is 1. The number of nitro groups is 1. The summed E-state index contributed by atoms with van der Waals surface area (Å²) in [6.45, 7) is -0.554. The first-order valence-corrected chi connectivity index (χ1v) is 11.1. The molecule has 0 N–H and O–H groups in total. The van der Waals surface area contributed by atoms with E-state index in [-0.39, 0.29) is 28.7 Å². The fraction of sp³-hybridized carbons (Fsp3) is 0.280. The number of rotatable bonds is 7. The van der Waals surface area contributed by atoms with Gasteiger partial charge >= 0.3 is 0 Å². The van der Waals surface area contributed by atoms with Crippen molar-refractivity contribution in [2.75, 3.05) is 13.7 Å². The third-order valence-electron chi connectivity index (χ3n) is 6.95. The van der Waals surface area contributed by atoms with Crippen molar-refractivity contribution in [2.24, 2.45) is 23.7 Å². The van der Waals surface area contributed by atoms with Gasteiger partial charge in [0.25, 0.3) is 23.4 Å². The highest BCUT2D eigenvalue weighted by molar-refractivity contribution is 6.10. The Bertz CT molecular complexity index is 1240. The van der Waals surface area contributed by atoms with Gasteiger partial charge in [0.15, 0.2) is 5.78 Å². The number of benzene rings is 2. The summed E-state index contributed by atoms with van der Waals surface area (Å²) in [7, 11) is 1.49. The number of ether oxygens (including phenoxy) is 1.